The number of amides is 2. The van der Waals surface area contributed by atoms with Gasteiger partial charge in [-0.25, -0.2) is 0 Å². The molecule has 1 fully saturated rings. The van der Waals surface area contributed by atoms with E-state index in [-0.39, 0.29) is 18.4 Å². The Morgan fingerprint density at radius 2 is 1.84 bits per heavy atom. The van der Waals surface area contributed by atoms with Gasteiger partial charge in [-0.1, -0.05) is 18.2 Å². The van der Waals surface area contributed by atoms with Crippen molar-refractivity contribution in [1.82, 2.24) is 4.90 Å². The fourth-order valence-corrected chi connectivity index (χ4v) is 2.77. The Balaban J connectivity index is 1.60. The molecule has 6 heteroatoms. The van der Waals surface area contributed by atoms with Crippen molar-refractivity contribution in [3.05, 3.63) is 54.1 Å². The monoisotopic (exact) mass is 339 g/mol. The van der Waals surface area contributed by atoms with Gasteiger partial charge in [-0.3, -0.25) is 9.59 Å². The second-order valence-electron chi connectivity index (χ2n) is 5.95. The predicted octanol–water partition coefficient (Wildman–Crippen LogP) is 2.52. The van der Waals surface area contributed by atoms with Crippen molar-refractivity contribution in [2.45, 2.75) is 12.8 Å². The maximum absolute atomic E-state index is 12.3. The Labute approximate surface area is 146 Å². The average molecular weight is 339 g/mol. The Morgan fingerprint density at radius 3 is 2.60 bits per heavy atom. The quantitative estimate of drug-likeness (QED) is 0.820. The molecule has 0 atom stereocenters. The van der Waals surface area contributed by atoms with E-state index >= 15 is 0 Å². The molecule has 2 amide bonds. The lowest BCUT2D eigenvalue weighted by Crippen LogP contribution is -2.32. The summed E-state index contributed by atoms with van der Waals surface area (Å²) in [6.45, 7) is 1.61. The number of hydrogen-bond donors (Lipinski definition) is 2. The number of ether oxygens (including phenoxy) is 1. The summed E-state index contributed by atoms with van der Waals surface area (Å²) in [7, 11) is 0. The zero-order valence-corrected chi connectivity index (χ0v) is 13.9. The van der Waals surface area contributed by atoms with E-state index in [9.17, 15) is 9.59 Å². The molecule has 0 radical (unpaired) electrons. The standard InChI is InChI=1S/C19H21N3O3/c20-17-9-2-1-8-16(17)19(24)21-14-6-5-7-15(12-14)25-13-18(23)22-10-3-4-11-22/h1-2,5-9,12H,3-4,10-11,13,20H2,(H,21,24). The minimum atomic E-state index is -0.289. The minimum absolute atomic E-state index is 0.00301. The molecule has 1 heterocycles. The van der Waals surface area contributed by atoms with Crippen molar-refractivity contribution in [1.29, 1.82) is 0 Å². The predicted molar refractivity (Wildman–Crippen MR) is 96.6 cm³/mol. The van der Waals surface area contributed by atoms with Crippen molar-refractivity contribution >= 4 is 23.2 Å². The van der Waals surface area contributed by atoms with Gasteiger partial charge in [-0.15, -0.1) is 0 Å². The fourth-order valence-electron chi connectivity index (χ4n) is 2.77. The van der Waals surface area contributed by atoms with E-state index < -0.39 is 0 Å². The van der Waals surface area contributed by atoms with Crippen LogP contribution in [0.5, 0.6) is 5.75 Å². The highest BCUT2D eigenvalue weighted by atomic mass is 16.5. The molecule has 130 valence electrons. The summed E-state index contributed by atoms with van der Waals surface area (Å²) in [4.78, 5) is 26.1. The number of carbonyl (C=O) groups is 2. The molecule has 25 heavy (non-hydrogen) atoms. The smallest absolute Gasteiger partial charge is 0.260 e. The number of carbonyl (C=O) groups excluding carboxylic acids is 2. The summed E-state index contributed by atoms with van der Waals surface area (Å²) in [6, 6.07) is 13.8. The third-order valence-corrected chi connectivity index (χ3v) is 4.12. The van der Waals surface area contributed by atoms with Crippen LogP contribution in [0.4, 0.5) is 11.4 Å². The highest BCUT2D eigenvalue weighted by Gasteiger charge is 2.18. The van der Waals surface area contributed by atoms with Gasteiger partial charge in [-0.2, -0.15) is 0 Å². The van der Waals surface area contributed by atoms with Crippen LogP contribution in [0.15, 0.2) is 48.5 Å². The van der Waals surface area contributed by atoms with Gasteiger partial charge < -0.3 is 20.7 Å². The summed E-state index contributed by atoms with van der Waals surface area (Å²) in [5.41, 5.74) is 7.24. The van der Waals surface area contributed by atoms with E-state index in [4.69, 9.17) is 10.5 Å². The first-order valence-corrected chi connectivity index (χ1v) is 8.30. The molecular formula is C19H21N3O3. The molecule has 0 bridgehead atoms. The van der Waals surface area contributed by atoms with Gasteiger partial charge in [-0.05, 0) is 37.1 Å². The van der Waals surface area contributed by atoms with Gasteiger partial charge in [0.1, 0.15) is 5.75 Å². The number of nitrogens with zero attached hydrogens (tertiary/aromatic N) is 1. The third-order valence-electron chi connectivity index (χ3n) is 4.12. The molecule has 3 N–H and O–H groups in total. The normalized spacial score (nSPS) is 13.5. The Hall–Kier alpha value is -3.02. The summed E-state index contributed by atoms with van der Waals surface area (Å²) in [5.74, 6) is 0.235. The molecule has 0 aliphatic carbocycles. The molecule has 2 aromatic carbocycles. The van der Waals surface area contributed by atoms with E-state index in [2.05, 4.69) is 5.32 Å². The number of benzene rings is 2. The lowest BCUT2D eigenvalue weighted by atomic mass is 10.1. The van der Waals surface area contributed by atoms with Gasteiger partial charge in [0.05, 0.1) is 5.56 Å². The molecule has 0 spiro atoms. The van der Waals surface area contributed by atoms with Crippen LogP contribution in [-0.2, 0) is 4.79 Å². The molecule has 0 aromatic heterocycles. The number of para-hydroxylation sites is 1. The third kappa shape index (κ3) is 4.29. The summed E-state index contributed by atoms with van der Waals surface area (Å²) >= 11 is 0. The number of nitrogens with two attached hydrogens (primary N) is 1. The van der Waals surface area contributed by atoms with Crippen LogP contribution in [-0.4, -0.2) is 36.4 Å². The lowest BCUT2D eigenvalue weighted by molar-refractivity contribution is -0.132. The Kier molecular flexibility index (Phi) is 5.18. The molecule has 6 nitrogen and oxygen atoms in total. The molecular weight excluding hydrogens is 318 g/mol. The van der Waals surface area contributed by atoms with Crippen molar-refractivity contribution in [3.63, 3.8) is 0 Å². The fraction of sp³-hybridized carbons (Fsp3) is 0.263. The average Bonchev–Trinajstić information content (AvgIpc) is 3.15. The van der Waals surface area contributed by atoms with Gasteiger partial charge in [0, 0.05) is 30.5 Å². The lowest BCUT2D eigenvalue weighted by Gasteiger charge is -2.16. The molecule has 3 rings (SSSR count). The van der Waals surface area contributed by atoms with Gasteiger partial charge in [0.2, 0.25) is 0 Å². The number of anilines is 2. The number of likely N-dealkylation sites (tertiary alicyclic amines) is 1. The zero-order valence-electron chi connectivity index (χ0n) is 13.9. The second kappa shape index (κ2) is 7.70. The largest absolute Gasteiger partial charge is 0.484 e. The number of hydrogen-bond acceptors (Lipinski definition) is 4. The SMILES string of the molecule is Nc1ccccc1C(=O)Nc1cccc(OCC(=O)N2CCCC2)c1. The molecule has 1 aliphatic heterocycles. The number of nitrogen functional groups attached to an aromatic ring is 1. The van der Waals surface area contributed by atoms with Gasteiger partial charge in [0.25, 0.3) is 11.8 Å². The highest BCUT2D eigenvalue weighted by Crippen LogP contribution is 2.20. The van der Waals surface area contributed by atoms with E-state index in [0.717, 1.165) is 25.9 Å². The van der Waals surface area contributed by atoms with Crippen molar-refractivity contribution in [2.24, 2.45) is 0 Å². The van der Waals surface area contributed by atoms with Crippen molar-refractivity contribution < 1.29 is 14.3 Å². The van der Waals surface area contributed by atoms with Crippen LogP contribution in [0.2, 0.25) is 0 Å². The second-order valence-corrected chi connectivity index (χ2v) is 5.95. The van der Waals surface area contributed by atoms with Gasteiger partial charge in [0.15, 0.2) is 6.61 Å². The number of nitrogens with one attached hydrogen (secondary N) is 1. The summed E-state index contributed by atoms with van der Waals surface area (Å²) < 4.78 is 5.56. The Morgan fingerprint density at radius 1 is 1.08 bits per heavy atom. The van der Waals surface area contributed by atoms with Gasteiger partial charge >= 0.3 is 0 Å². The van der Waals surface area contributed by atoms with Crippen molar-refractivity contribution in [3.8, 4) is 5.75 Å². The van der Waals surface area contributed by atoms with Crippen LogP contribution in [0.1, 0.15) is 23.2 Å². The van der Waals surface area contributed by atoms with Crippen LogP contribution in [0, 0.1) is 0 Å². The first-order valence-electron chi connectivity index (χ1n) is 8.30. The molecule has 0 saturated carbocycles. The molecule has 2 aromatic rings. The first kappa shape index (κ1) is 16.8. The first-order chi connectivity index (χ1) is 12.1. The van der Waals surface area contributed by atoms with E-state index in [1.54, 1.807) is 48.5 Å². The molecule has 1 saturated heterocycles. The van der Waals surface area contributed by atoms with Crippen LogP contribution in [0.25, 0.3) is 0 Å². The highest BCUT2D eigenvalue weighted by molar-refractivity contribution is 6.07. The molecule has 1 aliphatic rings. The molecule has 0 unspecified atom stereocenters. The van der Waals surface area contributed by atoms with Crippen LogP contribution >= 0.6 is 0 Å². The van der Waals surface area contributed by atoms with Crippen molar-refractivity contribution in [2.75, 3.05) is 30.7 Å². The topological polar surface area (TPSA) is 84.7 Å². The van der Waals surface area contributed by atoms with Crippen LogP contribution < -0.4 is 15.8 Å². The van der Waals surface area contributed by atoms with Crippen LogP contribution in [0.3, 0.4) is 0 Å². The Bertz CT molecular complexity index is 770. The zero-order chi connectivity index (χ0) is 17.6. The van der Waals surface area contributed by atoms with E-state index in [1.165, 1.54) is 0 Å². The summed E-state index contributed by atoms with van der Waals surface area (Å²) in [5, 5.41) is 2.79. The maximum atomic E-state index is 12.3. The number of rotatable bonds is 5. The van der Waals surface area contributed by atoms with E-state index in [1.807, 2.05) is 4.90 Å². The van der Waals surface area contributed by atoms with E-state index in [0.29, 0.717) is 22.7 Å². The summed E-state index contributed by atoms with van der Waals surface area (Å²) in [6.07, 6.45) is 2.10. The minimum Gasteiger partial charge on any atom is -0.484 e. The maximum Gasteiger partial charge on any atom is 0.260 e.